The molecule has 0 radical (unpaired) electrons. The van der Waals surface area contributed by atoms with Gasteiger partial charge in [-0.2, -0.15) is 0 Å². The van der Waals surface area contributed by atoms with Crippen LogP contribution in [0.25, 0.3) is 11.0 Å². The molecule has 4 heteroatoms. The van der Waals surface area contributed by atoms with Gasteiger partial charge in [0.2, 0.25) is 0 Å². The lowest BCUT2D eigenvalue weighted by atomic mass is 10.1. The second-order valence-electron chi connectivity index (χ2n) is 5.68. The van der Waals surface area contributed by atoms with E-state index in [4.69, 9.17) is 26.1 Å². The smallest absolute Gasteiger partial charge is 0.194 e. The van der Waals surface area contributed by atoms with Gasteiger partial charge in [0.1, 0.15) is 30.3 Å². The fourth-order valence-electron chi connectivity index (χ4n) is 2.55. The van der Waals surface area contributed by atoms with Crippen molar-refractivity contribution in [3.63, 3.8) is 0 Å². The molecule has 3 rings (SSSR count). The Morgan fingerprint density at radius 3 is 2.36 bits per heavy atom. The molecule has 0 aliphatic heterocycles. The normalized spacial score (nSPS) is 10.2. The van der Waals surface area contributed by atoms with Crippen LogP contribution in [-0.2, 0) is 0 Å². The molecule has 25 heavy (non-hydrogen) atoms. The summed E-state index contributed by atoms with van der Waals surface area (Å²) in [4.78, 5) is 0. The van der Waals surface area contributed by atoms with E-state index in [0.29, 0.717) is 22.6 Å². The van der Waals surface area contributed by atoms with E-state index in [2.05, 4.69) is 17.9 Å². The van der Waals surface area contributed by atoms with Gasteiger partial charge in [-0.1, -0.05) is 30.0 Å². The van der Waals surface area contributed by atoms with Crippen LogP contribution in [0.5, 0.6) is 11.5 Å². The van der Waals surface area contributed by atoms with E-state index in [-0.39, 0.29) is 6.61 Å². The van der Waals surface area contributed by atoms with E-state index >= 15 is 0 Å². The maximum Gasteiger partial charge on any atom is 0.194 e. The Hall–Kier alpha value is -2.77. The predicted molar refractivity (Wildman–Crippen MR) is 102 cm³/mol. The van der Waals surface area contributed by atoms with E-state index in [9.17, 15) is 0 Å². The summed E-state index contributed by atoms with van der Waals surface area (Å²) in [5, 5.41) is 0.879. The van der Waals surface area contributed by atoms with E-state index in [1.807, 2.05) is 50.2 Å². The molecule has 3 nitrogen and oxygen atoms in total. The summed E-state index contributed by atoms with van der Waals surface area (Å²) in [6.45, 7) is 4.68. The highest BCUT2D eigenvalue weighted by Gasteiger charge is 2.03. The molecule has 0 amide bonds. The lowest BCUT2D eigenvalue weighted by Crippen LogP contribution is -1.98. The van der Waals surface area contributed by atoms with Crippen LogP contribution in [0.2, 0.25) is 0 Å². The summed E-state index contributed by atoms with van der Waals surface area (Å²) in [6.07, 6.45) is 0. The lowest BCUT2D eigenvalue weighted by Gasteiger charge is -2.06. The van der Waals surface area contributed by atoms with Crippen LogP contribution in [0.3, 0.4) is 0 Å². The van der Waals surface area contributed by atoms with Gasteiger partial charge < -0.3 is 13.9 Å². The second-order valence-corrected chi connectivity index (χ2v) is 6.08. The second kappa shape index (κ2) is 7.87. The van der Waals surface area contributed by atoms with Crippen molar-refractivity contribution in [1.29, 1.82) is 0 Å². The van der Waals surface area contributed by atoms with E-state index in [1.54, 1.807) is 6.07 Å². The number of hydrogen-bond donors (Lipinski definition) is 0. The third-order valence-corrected chi connectivity index (χ3v) is 3.74. The molecule has 0 aliphatic rings. The van der Waals surface area contributed by atoms with Gasteiger partial charge in [0.15, 0.2) is 4.71 Å². The van der Waals surface area contributed by atoms with Gasteiger partial charge in [-0.05, 0) is 61.5 Å². The molecule has 0 aliphatic carbocycles. The first-order valence-corrected chi connectivity index (χ1v) is 8.35. The zero-order valence-electron chi connectivity index (χ0n) is 14.2. The summed E-state index contributed by atoms with van der Waals surface area (Å²) < 4.78 is 17.3. The molecule has 0 atom stereocenters. The van der Waals surface area contributed by atoms with Crippen molar-refractivity contribution >= 4 is 23.2 Å². The largest absolute Gasteiger partial charge is 0.481 e. The Kier molecular flexibility index (Phi) is 5.37. The highest BCUT2D eigenvalue weighted by molar-refractivity contribution is 7.71. The molecule has 3 aromatic rings. The van der Waals surface area contributed by atoms with Gasteiger partial charge >= 0.3 is 0 Å². The number of benzene rings is 2. The van der Waals surface area contributed by atoms with Crippen LogP contribution in [0.4, 0.5) is 0 Å². The average molecular weight is 350 g/mol. The number of fused-ring (bicyclic) bond motifs is 1. The fourth-order valence-corrected chi connectivity index (χ4v) is 2.75. The Labute approximate surface area is 152 Å². The Balaban J connectivity index is 1.59. The zero-order valence-corrected chi connectivity index (χ0v) is 15.0. The summed E-state index contributed by atoms with van der Waals surface area (Å²) in [5.41, 5.74) is 3.05. The molecular weight excluding hydrogens is 332 g/mol. The van der Waals surface area contributed by atoms with Crippen molar-refractivity contribution in [2.45, 2.75) is 13.8 Å². The summed E-state index contributed by atoms with van der Waals surface area (Å²) >= 11 is 5.12. The highest BCUT2D eigenvalue weighted by Crippen LogP contribution is 2.25. The maximum absolute atomic E-state index is 5.73. The van der Waals surface area contributed by atoms with Gasteiger partial charge in [0, 0.05) is 6.07 Å². The standard InChI is InChI=1S/C21H18O3S/c1-15-11-16(2)13-17(12-15)22-9-5-6-10-23-20-14-21(25)24-19-8-4-3-7-18(19)20/h3-4,7-8,11-14H,9-10H2,1-2H3. The van der Waals surface area contributed by atoms with Crippen molar-refractivity contribution in [3.8, 4) is 23.3 Å². The van der Waals surface area contributed by atoms with Crippen LogP contribution in [0.15, 0.2) is 52.9 Å². The average Bonchev–Trinajstić information content (AvgIpc) is 2.56. The number of rotatable bonds is 4. The number of ether oxygens (including phenoxy) is 2. The molecule has 0 bridgehead atoms. The van der Waals surface area contributed by atoms with E-state index < -0.39 is 0 Å². The summed E-state index contributed by atoms with van der Waals surface area (Å²) in [6, 6.07) is 15.4. The van der Waals surface area contributed by atoms with E-state index in [0.717, 1.165) is 11.1 Å². The molecule has 1 aromatic heterocycles. The number of para-hydroxylation sites is 1. The lowest BCUT2D eigenvalue weighted by molar-refractivity contribution is 0.362. The van der Waals surface area contributed by atoms with Gasteiger partial charge in [0.25, 0.3) is 0 Å². The summed E-state index contributed by atoms with van der Waals surface area (Å²) in [7, 11) is 0. The van der Waals surface area contributed by atoms with Crippen LogP contribution in [0, 0.1) is 30.4 Å². The Bertz CT molecular complexity index is 989. The molecular formula is C21H18O3S. The third-order valence-electron chi connectivity index (χ3n) is 3.54. The van der Waals surface area contributed by atoms with Gasteiger partial charge in [-0.3, -0.25) is 0 Å². The Morgan fingerprint density at radius 1 is 0.920 bits per heavy atom. The van der Waals surface area contributed by atoms with Crippen molar-refractivity contribution in [2.24, 2.45) is 0 Å². The maximum atomic E-state index is 5.73. The van der Waals surface area contributed by atoms with Crippen molar-refractivity contribution in [2.75, 3.05) is 13.2 Å². The SMILES string of the molecule is Cc1cc(C)cc(OCC#CCOc2cc(=S)oc3ccccc23)c1. The van der Waals surface area contributed by atoms with Gasteiger partial charge in [0.05, 0.1) is 5.39 Å². The fraction of sp³-hybridized carbons (Fsp3) is 0.190. The first-order valence-electron chi connectivity index (χ1n) is 7.94. The molecule has 0 saturated heterocycles. The zero-order chi connectivity index (χ0) is 17.6. The highest BCUT2D eigenvalue weighted by atomic mass is 32.1. The van der Waals surface area contributed by atoms with Crippen molar-refractivity contribution < 1.29 is 13.9 Å². The first-order chi connectivity index (χ1) is 12.1. The first kappa shape index (κ1) is 17.1. The van der Waals surface area contributed by atoms with Crippen molar-refractivity contribution in [1.82, 2.24) is 0 Å². The van der Waals surface area contributed by atoms with Crippen molar-refractivity contribution in [3.05, 3.63) is 64.4 Å². The van der Waals surface area contributed by atoms with Gasteiger partial charge in [-0.15, -0.1) is 0 Å². The van der Waals surface area contributed by atoms with E-state index in [1.165, 1.54) is 11.1 Å². The molecule has 2 aromatic carbocycles. The quantitative estimate of drug-likeness (QED) is 0.476. The minimum Gasteiger partial charge on any atom is -0.481 e. The summed E-state index contributed by atoms with van der Waals surface area (Å²) in [5.74, 6) is 7.42. The third kappa shape index (κ3) is 4.62. The molecule has 0 saturated carbocycles. The molecule has 0 spiro atoms. The Morgan fingerprint density at radius 2 is 1.60 bits per heavy atom. The molecule has 0 unspecified atom stereocenters. The van der Waals surface area contributed by atoms with Gasteiger partial charge in [-0.25, -0.2) is 0 Å². The predicted octanol–water partition coefficient (Wildman–Crippen LogP) is 5.24. The molecule has 0 N–H and O–H groups in total. The molecule has 0 fully saturated rings. The topological polar surface area (TPSA) is 31.6 Å². The van der Waals surface area contributed by atoms with Crippen LogP contribution in [0.1, 0.15) is 11.1 Å². The van der Waals surface area contributed by atoms with Crippen LogP contribution >= 0.6 is 12.2 Å². The number of hydrogen-bond acceptors (Lipinski definition) is 4. The number of aryl methyl sites for hydroxylation is 2. The monoisotopic (exact) mass is 350 g/mol. The molecule has 126 valence electrons. The minimum atomic E-state index is 0.263. The minimum absolute atomic E-state index is 0.263. The van der Waals surface area contributed by atoms with Crippen LogP contribution < -0.4 is 9.47 Å². The van der Waals surface area contributed by atoms with Crippen LogP contribution in [-0.4, -0.2) is 13.2 Å². The molecule has 1 heterocycles.